The molecular formula is C11H14F2O2. The van der Waals surface area contributed by atoms with Gasteiger partial charge in [0, 0.05) is 0 Å². The molecule has 0 saturated heterocycles. The number of methoxy groups -OCH3 is 2. The molecule has 0 aliphatic carbocycles. The number of hydrogen-bond acceptors (Lipinski definition) is 2. The summed E-state index contributed by atoms with van der Waals surface area (Å²) in [5.41, 5.74) is 0.380. The van der Waals surface area contributed by atoms with Gasteiger partial charge in [0.25, 0.3) is 0 Å². The zero-order chi connectivity index (χ0) is 11.6. The van der Waals surface area contributed by atoms with E-state index >= 15 is 0 Å². The largest absolute Gasteiger partial charge is 0.494 e. The predicted octanol–water partition coefficient (Wildman–Crippen LogP) is 3.11. The topological polar surface area (TPSA) is 18.5 Å². The van der Waals surface area contributed by atoms with Gasteiger partial charge in [-0.05, 0) is 17.5 Å². The molecule has 0 unspecified atom stereocenters. The van der Waals surface area contributed by atoms with Crippen molar-refractivity contribution in [2.75, 3.05) is 14.2 Å². The molecule has 0 radical (unpaired) electrons. The van der Waals surface area contributed by atoms with Crippen molar-refractivity contribution < 1.29 is 18.3 Å². The van der Waals surface area contributed by atoms with Crippen LogP contribution in [0.1, 0.15) is 25.3 Å². The molecule has 2 nitrogen and oxygen atoms in total. The number of halogens is 2. The summed E-state index contributed by atoms with van der Waals surface area (Å²) in [5, 5.41) is 0. The Morgan fingerprint density at radius 2 is 1.67 bits per heavy atom. The molecule has 0 heterocycles. The minimum absolute atomic E-state index is 0.00282. The van der Waals surface area contributed by atoms with Crippen LogP contribution in [0.2, 0.25) is 0 Å². The molecule has 1 rings (SSSR count). The molecule has 0 aliphatic rings. The van der Waals surface area contributed by atoms with E-state index in [4.69, 9.17) is 4.74 Å². The van der Waals surface area contributed by atoms with Crippen LogP contribution in [0.4, 0.5) is 8.78 Å². The predicted molar refractivity (Wildman–Crippen MR) is 53.6 cm³/mol. The highest BCUT2D eigenvalue weighted by Crippen LogP contribution is 2.35. The summed E-state index contributed by atoms with van der Waals surface area (Å²) in [6, 6.07) is 1.36. The van der Waals surface area contributed by atoms with E-state index in [0.717, 1.165) is 0 Å². The highest BCUT2D eigenvalue weighted by Gasteiger charge is 2.21. The quantitative estimate of drug-likeness (QED) is 0.772. The Balaban J connectivity index is 3.44. The second kappa shape index (κ2) is 4.47. The maximum absolute atomic E-state index is 13.7. The van der Waals surface area contributed by atoms with Crippen LogP contribution >= 0.6 is 0 Å². The van der Waals surface area contributed by atoms with E-state index in [1.165, 1.54) is 20.3 Å². The molecule has 84 valence electrons. The van der Waals surface area contributed by atoms with Gasteiger partial charge in [0.15, 0.2) is 17.3 Å². The van der Waals surface area contributed by atoms with Crippen molar-refractivity contribution in [1.29, 1.82) is 0 Å². The van der Waals surface area contributed by atoms with Crippen molar-refractivity contribution in [2.24, 2.45) is 0 Å². The molecule has 0 N–H and O–H groups in total. The Kier molecular flexibility index (Phi) is 3.50. The molecule has 0 aliphatic heterocycles. The molecule has 0 amide bonds. The first-order valence-electron chi connectivity index (χ1n) is 4.62. The second-order valence-electron chi connectivity index (χ2n) is 3.48. The lowest BCUT2D eigenvalue weighted by Crippen LogP contribution is -2.02. The lowest BCUT2D eigenvalue weighted by atomic mass is 10.0. The number of ether oxygens (including phenoxy) is 2. The normalized spacial score (nSPS) is 10.6. The fourth-order valence-electron chi connectivity index (χ4n) is 1.36. The Bertz CT molecular complexity index is 362. The zero-order valence-corrected chi connectivity index (χ0v) is 9.23. The third-order valence-corrected chi connectivity index (χ3v) is 2.20. The van der Waals surface area contributed by atoms with Crippen LogP contribution in [0.15, 0.2) is 6.07 Å². The van der Waals surface area contributed by atoms with Gasteiger partial charge in [-0.3, -0.25) is 0 Å². The monoisotopic (exact) mass is 216 g/mol. The molecule has 0 saturated carbocycles. The van der Waals surface area contributed by atoms with Crippen LogP contribution in [-0.4, -0.2) is 14.2 Å². The third kappa shape index (κ3) is 2.03. The average molecular weight is 216 g/mol. The van der Waals surface area contributed by atoms with Crippen LogP contribution in [0, 0.1) is 11.6 Å². The Morgan fingerprint density at radius 3 is 2.07 bits per heavy atom. The molecule has 0 aromatic heterocycles. The summed E-state index contributed by atoms with van der Waals surface area (Å²) >= 11 is 0. The molecule has 15 heavy (non-hydrogen) atoms. The van der Waals surface area contributed by atoms with Crippen LogP contribution in [0.3, 0.4) is 0 Å². The fraction of sp³-hybridized carbons (Fsp3) is 0.455. The van der Waals surface area contributed by atoms with Crippen LogP contribution in [0.25, 0.3) is 0 Å². The minimum Gasteiger partial charge on any atom is -0.494 e. The number of rotatable bonds is 3. The summed E-state index contributed by atoms with van der Waals surface area (Å²) in [6.07, 6.45) is 0. The maximum atomic E-state index is 13.7. The number of hydrogen-bond donors (Lipinski definition) is 0. The van der Waals surface area contributed by atoms with Gasteiger partial charge in [0.2, 0.25) is 5.82 Å². The van der Waals surface area contributed by atoms with Gasteiger partial charge in [0.05, 0.1) is 14.2 Å². The first kappa shape index (κ1) is 11.8. The summed E-state index contributed by atoms with van der Waals surface area (Å²) in [4.78, 5) is 0. The van der Waals surface area contributed by atoms with Gasteiger partial charge in [-0.2, -0.15) is 4.39 Å². The Hall–Kier alpha value is -1.32. The SMILES string of the molecule is COc1cc(C(C)C)c(F)c(OC)c1F. The maximum Gasteiger partial charge on any atom is 0.209 e. The third-order valence-electron chi connectivity index (χ3n) is 2.20. The zero-order valence-electron chi connectivity index (χ0n) is 9.23. The first-order chi connectivity index (χ1) is 7.02. The van der Waals surface area contributed by atoms with E-state index in [1.807, 2.05) is 13.8 Å². The number of benzene rings is 1. The molecule has 0 fully saturated rings. The highest BCUT2D eigenvalue weighted by atomic mass is 19.1. The van der Waals surface area contributed by atoms with Crippen molar-refractivity contribution in [3.63, 3.8) is 0 Å². The Labute approximate surface area is 87.8 Å². The van der Waals surface area contributed by atoms with Crippen LogP contribution in [0.5, 0.6) is 11.5 Å². The van der Waals surface area contributed by atoms with Crippen molar-refractivity contribution in [3.8, 4) is 11.5 Å². The minimum atomic E-state index is -0.804. The van der Waals surface area contributed by atoms with E-state index in [2.05, 4.69) is 4.74 Å². The van der Waals surface area contributed by atoms with E-state index in [-0.39, 0.29) is 11.7 Å². The summed E-state index contributed by atoms with van der Waals surface area (Å²) in [5.74, 6) is -1.92. The lowest BCUT2D eigenvalue weighted by Gasteiger charge is -2.14. The van der Waals surface area contributed by atoms with E-state index in [1.54, 1.807) is 0 Å². The summed E-state index contributed by atoms with van der Waals surface area (Å²) in [7, 11) is 2.56. The summed E-state index contributed by atoms with van der Waals surface area (Å²) in [6.45, 7) is 3.63. The van der Waals surface area contributed by atoms with E-state index in [0.29, 0.717) is 5.56 Å². The standard InChI is InChI=1S/C11H14F2O2/c1-6(2)7-5-8(14-3)10(13)11(15-4)9(7)12/h5-6H,1-4H3. The van der Waals surface area contributed by atoms with Gasteiger partial charge in [-0.25, -0.2) is 4.39 Å². The molecule has 1 aromatic carbocycles. The van der Waals surface area contributed by atoms with Gasteiger partial charge < -0.3 is 9.47 Å². The van der Waals surface area contributed by atoms with Crippen LogP contribution in [-0.2, 0) is 0 Å². The smallest absolute Gasteiger partial charge is 0.209 e. The van der Waals surface area contributed by atoms with Crippen LogP contribution < -0.4 is 9.47 Å². The van der Waals surface area contributed by atoms with Gasteiger partial charge >= 0.3 is 0 Å². The molecule has 0 atom stereocenters. The fourth-order valence-corrected chi connectivity index (χ4v) is 1.36. The molecule has 1 aromatic rings. The highest BCUT2D eigenvalue weighted by molar-refractivity contribution is 5.43. The lowest BCUT2D eigenvalue weighted by molar-refractivity contribution is 0.330. The second-order valence-corrected chi connectivity index (χ2v) is 3.48. The van der Waals surface area contributed by atoms with E-state index in [9.17, 15) is 8.78 Å². The molecule has 0 spiro atoms. The molecule has 0 bridgehead atoms. The van der Waals surface area contributed by atoms with Crippen molar-refractivity contribution in [1.82, 2.24) is 0 Å². The van der Waals surface area contributed by atoms with Crippen molar-refractivity contribution in [3.05, 3.63) is 23.3 Å². The first-order valence-corrected chi connectivity index (χ1v) is 4.62. The van der Waals surface area contributed by atoms with Crippen molar-refractivity contribution in [2.45, 2.75) is 19.8 Å². The Morgan fingerprint density at radius 1 is 1.07 bits per heavy atom. The van der Waals surface area contributed by atoms with Gasteiger partial charge in [-0.1, -0.05) is 13.8 Å². The van der Waals surface area contributed by atoms with Gasteiger partial charge in [-0.15, -0.1) is 0 Å². The van der Waals surface area contributed by atoms with Crippen molar-refractivity contribution >= 4 is 0 Å². The van der Waals surface area contributed by atoms with E-state index < -0.39 is 17.4 Å². The van der Waals surface area contributed by atoms with Gasteiger partial charge in [0.1, 0.15) is 0 Å². The average Bonchev–Trinajstić information content (AvgIpc) is 2.18. The summed E-state index contributed by atoms with van der Waals surface area (Å²) < 4.78 is 36.7. The molecular weight excluding hydrogens is 202 g/mol. The molecule has 4 heteroatoms.